The van der Waals surface area contributed by atoms with E-state index in [0.29, 0.717) is 32.7 Å². The number of amides is 2. The molecular weight excluding hydrogens is 364 g/mol. The Morgan fingerprint density at radius 3 is 2.41 bits per heavy atom. The highest BCUT2D eigenvalue weighted by molar-refractivity contribution is 5.91. The van der Waals surface area contributed by atoms with Gasteiger partial charge >= 0.3 is 0 Å². The Morgan fingerprint density at radius 1 is 1.10 bits per heavy atom. The van der Waals surface area contributed by atoms with E-state index < -0.39 is 5.60 Å². The molecule has 2 atom stereocenters. The smallest absolute Gasteiger partial charge is 0.257 e. The fourth-order valence-corrected chi connectivity index (χ4v) is 4.51. The first-order chi connectivity index (χ1) is 14.0. The van der Waals surface area contributed by atoms with Gasteiger partial charge in [0.15, 0.2) is 5.60 Å². The molecule has 29 heavy (non-hydrogen) atoms. The topological polar surface area (TPSA) is 49.9 Å². The van der Waals surface area contributed by atoms with Gasteiger partial charge in [0.05, 0.1) is 19.6 Å². The zero-order chi connectivity index (χ0) is 20.4. The fourth-order valence-electron chi connectivity index (χ4n) is 4.51. The molecule has 2 fully saturated rings. The van der Waals surface area contributed by atoms with Gasteiger partial charge in [-0.1, -0.05) is 60.7 Å². The third-order valence-electron chi connectivity index (χ3n) is 6.09. The SMILES string of the molecule is CC(C)N1C[C@@H](c2ccccc2)[C@]2(CN(C(=O)Cc3ccccc3)CCO2)C1=O. The third kappa shape index (κ3) is 3.67. The maximum atomic E-state index is 13.5. The molecule has 152 valence electrons. The van der Waals surface area contributed by atoms with Crippen molar-refractivity contribution in [2.24, 2.45) is 0 Å². The average molecular weight is 392 g/mol. The molecule has 2 aromatic carbocycles. The number of rotatable bonds is 4. The monoisotopic (exact) mass is 392 g/mol. The first kappa shape index (κ1) is 19.6. The molecule has 1 spiro atoms. The predicted octanol–water partition coefficient (Wildman–Crippen LogP) is 2.86. The highest BCUT2D eigenvalue weighted by Gasteiger charge is 2.58. The molecule has 2 saturated heterocycles. The summed E-state index contributed by atoms with van der Waals surface area (Å²) < 4.78 is 6.23. The minimum atomic E-state index is -1.00. The van der Waals surface area contributed by atoms with E-state index in [1.165, 1.54) is 0 Å². The van der Waals surface area contributed by atoms with E-state index in [1.54, 1.807) is 0 Å². The van der Waals surface area contributed by atoms with Gasteiger partial charge in [0.1, 0.15) is 0 Å². The van der Waals surface area contributed by atoms with Crippen LogP contribution in [0.3, 0.4) is 0 Å². The van der Waals surface area contributed by atoms with Gasteiger partial charge in [-0.25, -0.2) is 0 Å². The number of carbonyl (C=O) groups is 2. The summed E-state index contributed by atoms with van der Waals surface area (Å²) >= 11 is 0. The lowest BCUT2D eigenvalue weighted by Crippen LogP contribution is -2.60. The quantitative estimate of drug-likeness (QED) is 0.804. The molecule has 5 heteroatoms. The van der Waals surface area contributed by atoms with Crippen molar-refractivity contribution in [3.8, 4) is 0 Å². The molecule has 0 saturated carbocycles. The summed E-state index contributed by atoms with van der Waals surface area (Å²) in [7, 11) is 0. The number of ether oxygens (including phenoxy) is 1. The van der Waals surface area contributed by atoms with Crippen LogP contribution in [0.15, 0.2) is 60.7 Å². The number of likely N-dealkylation sites (tertiary alicyclic amines) is 1. The maximum Gasteiger partial charge on any atom is 0.257 e. The van der Waals surface area contributed by atoms with Crippen molar-refractivity contribution in [3.05, 3.63) is 71.8 Å². The van der Waals surface area contributed by atoms with Crippen LogP contribution in [-0.4, -0.2) is 59.5 Å². The Balaban J connectivity index is 1.62. The lowest BCUT2D eigenvalue weighted by Gasteiger charge is -2.42. The number of hydrogen-bond acceptors (Lipinski definition) is 3. The first-order valence-electron chi connectivity index (χ1n) is 10.3. The molecule has 0 aromatic heterocycles. The van der Waals surface area contributed by atoms with Crippen molar-refractivity contribution in [1.29, 1.82) is 0 Å². The Bertz CT molecular complexity index is 868. The van der Waals surface area contributed by atoms with E-state index in [-0.39, 0.29) is 23.8 Å². The van der Waals surface area contributed by atoms with Gasteiger partial charge < -0.3 is 14.5 Å². The Labute approximate surface area is 172 Å². The summed E-state index contributed by atoms with van der Waals surface area (Å²) in [5, 5.41) is 0. The highest BCUT2D eigenvalue weighted by atomic mass is 16.5. The molecule has 0 aliphatic carbocycles. The molecule has 2 heterocycles. The molecule has 2 aromatic rings. The minimum absolute atomic E-state index is 0.00133. The second-order valence-corrected chi connectivity index (χ2v) is 8.23. The zero-order valence-electron chi connectivity index (χ0n) is 17.1. The van der Waals surface area contributed by atoms with Crippen LogP contribution in [-0.2, 0) is 20.7 Å². The lowest BCUT2D eigenvalue weighted by atomic mass is 9.83. The average Bonchev–Trinajstić information content (AvgIpc) is 3.01. The van der Waals surface area contributed by atoms with Crippen molar-refractivity contribution in [1.82, 2.24) is 9.80 Å². The van der Waals surface area contributed by atoms with Crippen LogP contribution in [0.25, 0.3) is 0 Å². The van der Waals surface area contributed by atoms with E-state index in [4.69, 9.17) is 4.74 Å². The van der Waals surface area contributed by atoms with Gasteiger partial charge in [-0.15, -0.1) is 0 Å². The molecule has 2 aliphatic heterocycles. The molecule has 2 aliphatic rings. The Hall–Kier alpha value is -2.66. The fraction of sp³-hybridized carbons (Fsp3) is 0.417. The summed E-state index contributed by atoms with van der Waals surface area (Å²) in [6, 6.07) is 19.9. The van der Waals surface area contributed by atoms with Crippen LogP contribution in [0.4, 0.5) is 0 Å². The number of carbonyl (C=O) groups excluding carboxylic acids is 2. The van der Waals surface area contributed by atoms with Crippen LogP contribution in [0.5, 0.6) is 0 Å². The van der Waals surface area contributed by atoms with Crippen molar-refractivity contribution in [3.63, 3.8) is 0 Å². The largest absolute Gasteiger partial charge is 0.361 e. The first-order valence-corrected chi connectivity index (χ1v) is 10.3. The van der Waals surface area contributed by atoms with E-state index in [9.17, 15) is 9.59 Å². The van der Waals surface area contributed by atoms with Gasteiger partial charge in [-0.2, -0.15) is 0 Å². The van der Waals surface area contributed by atoms with E-state index >= 15 is 0 Å². The number of benzene rings is 2. The van der Waals surface area contributed by atoms with Crippen LogP contribution in [0.1, 0.15) is 30.9 Å². The molecule has 5 nitrogen and oxygen atoms in total. The van der Waals surface area contributed by atoms with Gasteiger partial charge in [0, 0.05) is 25.0 Å². The molecule has 2 amide bonds. The normalized spacial score (nSPS) is 24.5. The predicted molar refractivity (Wildman–Crippen MR) is 111 cm³/mol. The van der Waals surface area contributed by atoms with Crippen molar-refractivity contribution in [2.75, 3.05) is 26.2 Å². The van der Waals surface area contributed by atoms with Crippen LogP contribution >= 0.6 is 0 Å². The summed E-state index contributed by atoms with van der Waals surface area (Å²) in [6.45, 7) is 5.87. The van der Waals surface area contributed by atoms with Gasteiger partial charge in [0.2, 0.25) is 5.91 Å². The molecular formula is C24H28N2O3. The molecule has 0 unspecified atom stereocenters. The summed E-state index contributed by atoms with van der Waals surface area (Å²) in [5.41, 5.74) is 1.07. The minimum Gasteiger partial charge on any atom is -0.361 e. The maximum absolute atomic E-state index is 13.5. The van der Waals surface area contributed by atoms with Crippen molar-refractivity contribution >= 4 is 11.8 Å². The second-order valence-electron chi connectivity index (χ2n) is 8.23. The van der Waals surface area contributed by atoms with Gasteiger partial charge in [-0.05, 0) is 25.0 Å². The van der Waals surface area contributed by atoms with E-state index in [1.807, 2.05) is 72.2 Å². The lowest BCUT2D eigenvalue weighted by molar-refractivity contribution is -0.168. The standard InChI is InChI=1S/C24H28N2O3/c1-18(2)26-16-21(20-11-7-4-8-12-20)24(23(26)28)17-25(13-14-29-24)22(27)15-19-9-5-3-6-10-19/h3-12,18,21H,13-17H2,1-2H3/t21-,24+/m0/s1. The molecule has 0 N–H and O–H groups in total. The van der Waals surface area contributed by atoms with Crippen molar-refractivity contribution in [2.45, 2.75) is 37.8 Å². The summed E-state index contributed by atoms with van der Waals surface area (Å²) in [5.74, 6) is -0.0500. The summed E-state index contributed by atoms with van der Waals surface area (Å²) in [6.07, 6.45) is 0.342. The zero-order valence-corrected chi connectivity index (χ0v) is 17.1. The molecule has 0 bridgehead atoms. The van der Waals surface area contributed by atoms with Crippen LogP contribution < -0.4 is 0 Å². The third-order valence-corrected chi connectivity index (χ3v) is 6.09. The van der Waals surface area contributed by atoms with Crippen LogP contribution in [0.2, 0.25) is 0 Å². The number of nitrogens with zero attached hydrogens (tertiary/aromatic N) is 2. The highest BCUT2D eigenvalue weighted by Crippen LogP contribution is 2.42. The van der Waals surface area contributed by atoms with Crippen molar-refractivity contribution < 1.29 is 14.3 Å². The van der Waals surface area contributed by atoms with Gasteiger partial charge in [0.25, 0.3) is 5.91 Å². The Kier molecular flexibility index (Phi) is 5.41. The van der Waals surface area contributed by atoms with Crippen LogP contribution in [0, 0.1) is 0 Å². The summed E-state index contributed by atoms with van der Waals surface area (Å²) in [4.78, 5) is 30.2. The molecule has 0 radical (unpaired) electrons. The number of hydrogen-bond donors (Lipinski definition) is 0. The second kappa shape index (κ2) is 7.99. The van der Waals surface area contributed by atoms with E-state index in [0.717, 1.165) is 11.1 Å². The number of morpholine rings is 1. The Morgan fingerprint density at radius 2 is 1.76 bits per heavy atom. The molecule has 4 rings (SSSR count). The van der Waals surface area contributed by atoms with Gasteiger partial charge in [-0.3, -0.25) is 9.59 Å². The van der Waals surface area contributed by atoms with E-state index in [2.05, 4.69) is 12.1 Å².